The summed E-state index contributed by atoms with van der Waals surface area (Å²) in [6.07, 6.45) is 3.81. The molecule has 0 aliphatic rings. The molecule has 2 aromatic rings. The third-order valence-corrected chi connectivity index (χ3v) is 2.74. The Morgan fingerprint density at radius 3 is 2.68 bits per heavy atom. The second-order valence-electron chi connectivity index (χ2n) is 4.32. The molecule has 0 amide bonds. The van der Waals surface area contributed by atoms with Crippen LogP contribution in [0.4, 0.5) is 0 Å². The van der Waals surface area contributed by atoms with E-state index in [0.717, 1.165) is 16.5 Å². The first-order valence-corrected chi connectivity index (χ1v) is 5.89. The fourth-order valence-corrected chi connectivity index (χ4v) is 1.87. The fraction of sp³-hybridized carbons (Fsp3) is 0.200. The Labute approximate surface area is 112 Å². The van der Waals surface area contributed by atoms with Crippen LogP contribution >= 0.6 is 0 Å². The van der Waals surface area contributed by atoms with Crippen LogP contribution in [0.1, 0.15) is 11.1 Å². The van der Waals surface area contributed by atoms with Crippen LogP contribution in [-0.4, -0.2) is 31.1 Å². The first kappa shape index (κ1) is 12.9. The molecule has 4 nitrogen and oxygen atoms in total. The summed E-state index contributed by atoms with van der Waals surface area (Å²) >= 11 is 0. The maximum Gasteiger partial charge on any atom is 0.232 e. The summed E-state index contributed by atoms with van der Waals surface area (Å²) in [4.78, 5) is 6.28. The van der Waals surface area contributed by atoms with Crippen molar-refractivity contribution in [2.24, 2.45) is 0 Å². The van der Waals surface area contributed by atoms with Crippen LogP contribution in [0.25, 0.3) is 17.0 Å². The van der Waals surface area contributed by atoms with Crippen molar-refractivity contribution in [3.63, 3.8) is 0 Å². The molecule has 1 aromatic carbocycles. The number of benzene rings is 1. The number of rotatable bonds is 3. The van der Waals surface area contributed by atoms with Gasteiger partial charge in [-0.05, 0) is 18.3 Å². The zero-order chi connectivity index (χ0) is 13.8. The molecule has 0 aliphatic carbocycles. The number of ether oxygens (including phenoxy) is 1. The van der Waals surface area contributed by atoms with Crippen LogP contribution in [0, 0.1) is 11.3 Å². The summed E-state index contributed by atoms with van der Waals surface area (Å²) < 4.78 is 5.21. The van der Waals surface area contributed by atoms with Crippen molar-refractivity contribution >= 4 is 17.0 Å². The average Bonchev–Trinajstić information content (AvgIpc) is 2.43. The predicted molar refractivity (Wildman–Crippen MR) is 75.7 cm³/mol. The predicted octanol–water partition coefficient (Wildman–Crippen LogP) is 2.65. The number of methoxy groups -OCH3 is 1. The van der Waals surface area contributed by atoms with Crippen molar-refractivity contribution < 1.29 is 4.74 Å². The molecular weight excluding hydrogens is 238 g/mol. The lowest BCUT2D eigenvalue weighted by atomic mass is 10.0. The van der Waals surface area contributed by atoms with E-state index >= 15 is 0 Å². The van der Waals surface area contributed by atoms with Gasteiger partial charge in [0, 0.05) is 25.0 Å². The summed E-state index contributed by atoms with van der Waals surface area (Å²) in [5.41, 5.74) is 2.11. The van der Waals surface area contributed by atoms with Crippen LogP contribution in [0.2, 0.25) is 0 Å². The van der Waals surface area contributed by atoms with E-state index in [-0.39, 0.29) is 0 Å². The van der Waals surface area contributed by atoms with Crippen molar-refractivity contribution in [1.29, 1.82) is 5.26 Å². The van der Waals surface area contributed by atoms with Gasteiger partial charge in [0.2, 0.25) is 5.88 Å². The molecule has 0 atom stereocenters. The lowest BCUT2D eigenvalue weighted by Gasteiger charge is -2.10. The van der Waals surface area contributed by atoms with E-state index in [9.17, 15) is 5.26 Å². The van der Waals surface area contributed by atoms with Crippen molar-refractivity contribution in [1.82, 2.24) is 9.88 Å². The molecule has 0 aliphatic heterocycles. The van der Waals surface area contributed by atoms with Gasteiger partial charge >= 0.3 is 0 Å². The van der Waals surface area contributed by atoms with Crippen molar-refractivity contribution in [2.45, 2.75) is 0 Å². The molecule has 1 aromatic heterocycles. The van der Waals surface area contributed by atoms with Crippen LogP contribution < -0.4 is 4.74 Å². The molecule has 0 fully saturated rings. The van der Waals surface area contributed by atoms with E-state index in [1.807, 2.05) is 55.5 Å². The van der Waals surface area contributed by atoms with Crippen LogP contribution in [0.5, 0.6) is 5.88 Å². The number of hydrogen-bond donors (Lipinski definition) is 0. The molecule has 19 heavy (non-hydrogen) atoms. The molecule has 0 bridgehead atoms. The van der Waals surface area contributed by atoms with Crippen molar-refractivity contribution in [2.75, 3.05) is 21.2 Å². The number of nitriles is 1. The highest BCUT2D eigenvalue weighted by Crippen LogP contribution is 2.28. The molecule has 0 radical (unpaired) electrons. The van der Waals surface area contributed by atoms with Gasteiger partial charge in [-0.1, -0.05) is 18.2 Å². The van der Waals surface area contributed by atoms with Crippen LogP contribution in [0.3, 0.4) is 0 Å². The lowest BCUT2D eigenvalue weighted by molar-refractivity contribution is 0.398. The summed E-state index contributed by atoms with van der Waals surface area (Å²) in [6, 6.07) is 9.89. The standard InChI is InChI=1S/C15H15N3O/c1-18(2)9-8-11-12-6-4-5-7-14(12)17-15(19-3)13(11)10-16/h4-9H,1-3H3. The van der Waals surface area contributed by atoms with Gasteiger partial charge in [-0.15, -0.1) is 0 Å². The fourth-order valence-electron chi connectivity index (χ4n) is 1.87. The zero-order valence-corrected chi connectivity index (χ0v) is 11.2. The van der Waals surface area contributed by atoms with E-state index in [0.29, 0.717) is 11.4 Å². The van der Waals surface area contributed by atoms with Gasteiger partial charge < -0.3 is 9.64 Å². The van der Waals surface area contributed by atoms with E-state index in [2.05, 4.69) is 11.1 Å². The zero-order valence-electron chi connectivity index (χ0n) is 11.2. The smallest absolute Gasteiger partial charge is 0.232 e. The third-order valence-electron chi connectivity index (χ3n) is 2.74. The maximum absolute atomic E-state index is 9.34. The van der Waals surface area contributed by atoms with Crippen molar-refractivity contribution in [3.05, 3.63) is 41.6 Å². The Morgan fingerprint density at radius 2 is 2.05 bits per heavy atom. The maximum atomic E-state index is 9.34. The van der Waals surface area contributed by atoms with Gasteiger partial charge in [-0.2, -0.15) is 5.26 Å². The Kier molecular flexibility index (Phi) is 3.67. The SMILES string of the molecule is COc1nc2ccccc2c(C=CN(C)C)c1C#N. The number of pyridine rings is 1. The molecule has 1 heterocycles. The molecule has 96 valence electrons. The van der Waals surface area contributed by atoms with E-state index < -0.39 is 0 Å². The molecule has 2 rings (SSSR count). The number of nitrogens with zero attached hydrogens (tertiary/aromatic N) is 3. The number of para-hydroxylation sites is 1. The van der Waals surface area contributed by atoms with Crippen LogP contribution in [0.15, 0.2) is 30.5 Å². The molecule has 0 saturated carbocycles. The average molecular weight is 253 g/mol. The number of hydrogen-bond acceptors (Lipinski definition) is 4. The highest BCUT2D eigenvalue weighted by molar-refractivity contribution is 5.91. The van der Waals surface area contributed by atoms with Gasteiger partial charge in [-0.25, -0.2) is 4.98 Å². The van der Waals surface area contributed by atoms with E-state index in [4.69, 9.17) is 4.74 Å². The van der Waals surface area contributed by atoms with Gasteiger partial charge in [-0.3, -0.25) is 0 Å². The Bertz CT molecular complexity index is 669. The second-order valence-corrected chi connectivity index (χ2v) is 4.32. The second kappa shape index (κ2) is 5.40. The summed E-state index contributed by atoms with van der Waals surface area (Å²) in [5, 5.41) is 10.3. The topological polar surface area (TPSA) is 49.1 Å². The van der Waals surface area contributed by atoms with E-state index in [1.54, 1.807) is 0 Å². The molecule has 0 N–H and O–H groups in total. The molecule has 0 unspecified atom stereocenters. The molecule has 0 spiro atoms. The van der Waals surface area contributed by atoms with E-state index in [1.165, 1.54) is 7.11 Å². The minimum Gasteiger partial charge on any atom is -0.480 e. The Morgan fingerprint density at radius 1 is 1.32 bits per heavy atom. The number of fused-ring (bicyclic) bond motifs is 1. The molecular formula is C15H15N3O. The summed E-state index contributed by atoms with van der Waals surface area (Å²) in [7, 11) is 5.39. The molecule has 4 heteroatoms. The van der Waals surface area contributed by atoms with Gasteiger partial charge in [0.15, 0.2) is 0 Å². The minimum absolute atomic E-state index is 0.361. The quantitative estimate of drug-likeness (QED) is 0.843. The summed E-state index contributed by atoms with van der Waals surface area (Å²) in [6.45, 7) is 0. The van der Waals surface area contributed by atoms with Gasteiger partial charge in [0.05, 0.1) is 12.6 Å². The number of aromatic nitrogens is 1. The molecule has 0 saturated heterocycles. The highest BCUT2D eigenvalue weighted by Gasteiger charge is 2.13. The summed E-state index contributed by atoms with van der Waals surface area (Å²) in [5.74, 6) is 0.361. The first-order chi connectivity index (χ1) is 9.17. The monoisotopic (exact) mass is 253 g/mol. The van der Waals surface area contributed by atoms with Crippen molar-refractivity contribution in [3.8, 4) is 11.9 Å². The Hall–Kier alpha value is -2.54. The highest BCUT2D eigenvalue weighted by atomic mass is 16.5. The Balaban J connectivity index is 2.79. The van der Waals surface area contributed by atoms with Crippen LogP contribution in [-0.2, 0) is 0 Å². The van der Waals surface area contributed by atoms with Gasteiger partial charge in [0.1, 0.15) is 11.6 Å². The van der Waals surface area contributed by atoms with Gasteiger partial charge in [0.25, 0.3) is 0 Å². The lowest BCUT2D eigenvalue weighted by Crippen LogP contribution is -2.01. The normalized spacial score (nSPS) is 10.6. The largest absolute Gasteiger partial charge is 0.480 e. The third kappa shape index (κ3) is 2.50. The first-order valence-electron chi connectivity index (χ1n) is 5.89. The minimum atomic E-state index is 0.361.